The van der Waals surface area contributed by atoms with Crippen LogP contribution in [-0.4, -0.2) is 9.55 Å². The molecule has 1 unspecified atom stereocenters. The molecular weight excluding hydrogens is 327 g/mol. The Morgan fingerprint density at radius 1 is 1.14 bits per heavy atom. The topological polar surface area (TPSA) is 17.8 Å². The number of imidazole rings is 1. The number of para-hydroxylation sites is 1. The van der Waals surface area contributed by atoms with E-state index in [9.17, 15) is 0 Å². The van der Waals surface area contributed by atoms with Crippen molar-refractivity contribution in [3.8, 4) is 0 Å². The summed E-state index contributed by atoms with van der Waals surface area (Å²) in [5.41, 5.74) is 2.85. The molecule has 2 aromatic carbocycles. The number of hydrogen-bond donors (Lipinski definition) is 0. The first kappa shape index (κ1) is 14.7. The van der Waals surface area contributed by atoms with Crippen molar-refractivity contribution in [2.75, 3.05) is 0 Å². The molecule has 2 nitrogen and oxygen atoms in total. The van der Waals surface area contributed by atoms with Gasteiger partial charge in [0.05, 0.1) is 28.0 Å². The Kier molecular flexibility index (Phi) is 4.12. The number of rotatable bonds is 3. The molecule has 0 aliphatic rings. The summed E-state index contributed by atoms with van der Waals surface area (Å²) in [6, 6.07) is 13.5. The Bertz CT molecular complexity index is 795. The number of aromatic nitrogens is 2. The van der Waals surface area contributed by atoms with Gasteiger partial charge in [-0.15, -0.1) is 11.6 Å². The Morgan fingerprint density at radius 3 is 2.62 bits per heavy atom. The van der Waals surface area contributed by atoms with Gasteiger partial charge in [-0.05, 0) is 36.8 Å². The van der Waals surface area contributed by atoms with Crippen LogP contribution in [0.4, 0.5) is 0 Å². The van der Waals surface area contributed by atoms with Crippen molar-refractivity contribution in [2.45, 2.75) is 18.8 Å². The van der Waals surface area contributed by atoms with E-state index >= 15 is 0 Å². The van der Waals surface area contributed by atoms with Crippen molar-refractivity contribution in [1.29, 1.82) is 0 Å². The van der Waals surface area contributed by atoms with Crippen molar-refractivity contribution in [2.24, 2.45) is 0 Å². The molecule has 0 radical (unpaired) electrons. The molecule has 1 aromatic heterocycles. The highest BCUT2D eigenvalue weighted by molar-refractivity contribution is 6.35. The van der Waals surface area contributed by atoms with E-state index in [-0.39, 0.29) is 6.04 Å². The molecule has 0 spiro atoms. The summed E-state index contributed by atoms with van der Waals surface area (Å²) in [7, 11) is 0. The Balaban J connectivity index is 2.23. The van der Waals surface area contributed by atoms with Gasteiger partial charge in [-0.3, -0.25) is 0 Å². The van der Waals surface area contributed by atoms with Gasteiger partial charge in [-0.25, -0.2) is 4.98 Å². The first-order chi connectivity index (χ1) is 10.1. The Morgan fingerprint density at radius 2 is 1.90 bits per heavy atom. The van der Waals surface area contributed by atoms with E-state index in [1.165, 1.54) is 0 Å². The molecule has 5 heteroatoms. The lowest BCUT2D eigenvalue weighted by Crippen LogP contribution is -2.10. The summed E-state index contributed by atoms with van der Waals surface area (Å²) in [5, 5.41) is 1.38. The predicted molar refractivity (Wildman–Crippen MR) is 89.6 cm³/mol. The minimum absolute atomic E-state index is 0.0438. The smallest absolute Gasteiger partial charge is 0.125 e. The van der Waals surface area contributed by atoms with Crippen LogP contribution in [0.5, 0.6) is 0 Å². The Hall–Kier alpha value is -1.22. The lowest BCUT2D eigenvalue weighted by molar-refractivity contribution is 0.634. The summed E-state index contributed by atoms with van der Waals surface area (Å²) >= 11 is 18.5. The lowest BCUT2D eigenvalue weighted by atomic mass is 10.1. The molecule has 0 aliphatic carbocycles. The summed E-state index contributed by atoms with van der Waals surface area (Å²) in [6.45, 7) is 2.09. The average molecular weight is 340 g/mol. The SMILES string of the molecule is CC(c1cccc(Cl)c1)n1c(CCl)nc2cccc(Cl)c21. The van der Waals surface area contributed by atoms with Crippen molar-refractivity contribution in [3.05, 3.63) is 63.9 Å². The minimum Gasteiger partial charge on any atom is -0.318 e. The van der Waals surface area contributed by atoms with Crippen LogP contribution in [0.3, 0.4) is 0 Å². The molecule has 0 bridgehead atoms. The van der Waals surface area contributed by atoms with E-state index in [0.29, 0.717) is 15.9 Å². The van der Waals surface area contributed by atoms with Gasteiger partial charge < -0.3 is 4.57 Å². The largest absolute Gasteiger partial charge is 0.318 e. The molecule has 0 fully saturated rings. The molecule has 108 valence electrons. The van der Waals surface area contributed by atoms with Gasteiger partial charge in [0.25, 0.3) is 0 Å². The van der Waals surface area contributed by atoms with E-state index < -0.39 is 0 Å². The number of halogens is 3. The van der Waals surface area contributed by atoms with E-state index in [1.807, 2.05) is 42.5 Å². The molecule has 0 amide bonds. The molecular formula is C16H13Cl3N2. The van der Waals surface area contributed by atoms with E-state index in [1.54, 1.807) is 0 Å². The van der Waals surface area contributed by atoms with E-state index in [2.05, 4.69) is 16.5 Å². The number of hydrogen-bond acceptors (Lipinski definition) is 1. The lowest BCUT2D eigenvalue weighted by Gasteiger charge is -2.18. The van der Waals surface area contributed by atoms with Gasteiger partial charge in [-0.2, -0.15) is 0 Å². The fourth-order valence-electron chi connectivity index (χ4n) is 2.58. The summed E-state index contributed by atoms with van der Waals surface area (Å²) in [6.07, 6.45) is 0. The summed E-state index contributed by atoms with van der Waals surface area (Å²) in [4.78, 5) is 4.57. The maximum Gasteiger partial charge on any atom is 0.125 e. The van der Waals surface area contributed by atoms with Crippen molar-refractivity contribution in [3.63, 3.8) is 0 Å². The van der Waals surface area contributed by atoms with Crippen LogP contribution < -0.4 is 0 Å². The van der Waals surface area contributed by atoms with Gasteiger partial charge in [0, 0.05) is 5.02 Å². The molecule has 0 N–H and O–H groups in total. The summed E-state index contributed by atoms with van der Waals surface area (Å²) < 4.78 is 2.08. The second-order valence-electron chi connectivity index (χ2n) is 4.87. The third kappa shape index (κ3) is 2.64. The van der Waals surface area contributed by atoms with Gasteiger partial charge >= 0.3 is 0 Å². The Labute approximate surface area is 138 Å². The van der Waals surface area contributed by atoms with Crippen LogP contribution in [-0.2, 0) is 5.88 Å². The van der Waals surface area contributed by atoms with Crippen LogP contribution in [0.15, 0.2) is 42.5 Å². The highest BCUT2D eigenvalue weighted by Gasteiger charge is 2.18. The maximum absolute atomic E-state index is 6.37. The van der Waals surface area contributed by atoms with E-state index in [0.717, 1.165) is 22.4 Å². The van der Waals surface area contributed by atoms with Crippen LogP contribution in [0, 0.1) is 0 Å². The molecule has 3 rings (SSSR count). The van der Waals surface area contributed by atoms with Crippen molar-refractivity contribution in [1.82, 2.24) is 9.55 Å². The third-order valence-electron chi connectivity index (χ3n) is 3.57. The average Bonchev–Trinajstić information content (AvgIpc) is 2.86. The minimum atomic E-state index is 0.0438. The molecule has 3 aromatic rings. The van der Waals surface area contributed by atoms with Gasteiger partial charge in [0.1, 0.15) is 5.82 Å². The highest BCUT2D eigenvalue weighted by atomic mass is 35.5. The zero-order chi connectivity index (χ0) is 15.0. The zero-order valence-electron chi connectivity index (χ0n) is 11.4. The maximum atomic E-state index is 6.37. The highest BCUT2D eigenvalue weighted by Crippen LogP contribution is 2.31. The molecule has 1 atom stereocenters. The normalized spacial score (nSPS) is 12.8. The van der Waals surface area contributed by atoms with E-state index in [4.69, 9.17) is 34.8 Å². The molecule has 0 saturated heterocycles. The monoisotopic (exact) mass is 338 g/mol. The first-order valence-corrected chi connectivity index (χ1v) is 7.87. The number of benzene rings is 2. The van der Waals surface area contributed by atoms with Crippen LogP contribution in [0.2, 0.25) is 10.0 Å². The number of alkyl halides is 1. The molecule has 0 saturated carbocycles. The van der Waals surface area contributed by atoms with Gasteiger partial charge in [0.2, 0.25) is 0 Å². The van der Waals surface area contributed by atoms with Gasteiger partial charge in [0.15, 0.2) is 0 Å². The van der Waals surface area contributed by atoms with Crippen molar-refractivity contribution < 1.29 is 0 Å². The first-order valence-electron chi connectivity index (χ1n) is 6.58. The van der Waals surface area contributed by atoms with Crippen molar-refractivity contribution >= 4 is 45.8 Å². The fourth-order valence-corrected chi connectivity index (χ4v) is 3.23. The molecule has 21 heavy (non-hydrogen) atoms. The quantitative estimate of drug-likeness (QED) is 0.560. The predicted octanol–water partition coefficient (Wildman–Crippen LogP) is 5.69. The van der Waals surface area contributed by atoms with Crippen LogP contribution >= 0.6 is 34.8 Å². The van der Waals surface area contributed by atoms with Gasteiger partial charge in [-0.1, -0.05) is 41.4 Å². The number of nitrogens with zero attached hydrogens (tertiary/aromatic N) is 2. The fraction of sp³-hybridized carbons (Fsp3) is 0.188. The number of fused-ring (bicyclic) bond motifs is 1. The molecule has 0 aliphatic heterocycles. The second-order valence-corrected chi connectivity index (χ2v) is 5.98. The van der Waals surface area contributed by atoms with Crippen LogP contribution in [0.1, 0.15) is 24.4 Å². The summed E-state index contributed by atoms with van der Waals surface area (Å²) in [5.74, 6) is 1.13. The zero-order valence-corrected chi connectivity index (χ0v) is 13.6. The second kappa shape index (κ2) is 5.88. The standard InChI is InChI=1S/C16H13Cl3N2/c1-10(11-4-2-5-12(18)8-11)21-15(9-17)20-14-7-3-6-13(19)16(14)21/h2-8,10H,9H2,1H3. The third-order valence-corrected chi connectivity index (χ3v) is 4.35. The van der Waals surface area contributed by atoms with Crippen LogP contribution in [0.25, 0.3) is 11.0 Å². The molecule has 1 heterocycles.